The van der Waals surface area contributed by atoms with Crippen molar-refractivity contribution in [3.8, 4) is 11.3 Å². The predicted octanol–water partition coefficient (Wildman–Crippen LogP) is 6.26. The van der Waals surface area contributed by atoms with Crippen molar-refractivity contribution in [3.63, 3.8) is 0 Å². The highest BCUT2D eigenvalue weighted by Gasteiger charge is 2.10. The van der Waals surface area contributed by atoms with Crippen molar-refractivity contribution in [2.75, 3.05) is 0 Å². The van der Waals surface area contributed by atoms with Crippen LogP contribution >= 0.6 is 11.6 Å². The second kappa shape index (κ2) is 5.54. The number of fused-ring (bicyclic) bond motifs is 4. The van der Waals surface area contributed by atoms with Gasteiger partial charge in [0.15, 0.2) is 0 Å². The number of halogens is 1. The largest absolute Gasteiger partial charge is 0.223 e. The van der Waals surface area contributed by atoms with Crippen molar-refractivity contribution >= 4 is 44.0 Å². The Morgan fingerprint density at radius 1 is 0.600 bits per heavy atom. The van der Waals surface area contributed by atoms with Gasteiger partial charge in [0, 0.05) is 10.9 Å². The first-order valence-electron chi connectivity index (χ1n) is 8.14. The summed E-state index contributed by atoms with van der Waals surface area (Å²) in [7, 11) is 0. The van der Waals surface area contributed by atoms with E-state index in [0.29, 0.717) is 0 Å². The smallest absolute Gasteiger partial charge is 0.218 e. The molecule has 3 heteroatoms. The molecule has 5 aromatic rings. The molecule has 0 saturated heterocycles. The van der Waals surface area contributed by atoms with Crippen LogP contribution in [0.25, 0.3) is 43.7 Å². The molecule has 2 nitrogen and oxygen atoms in total. The second-order valence-electron chi connectivity index (χ2n) is 6.08. The molecule has 25 heavy (non-hydrogen) atoms. The van der Waals surface area contributed by atoms with E-state index < -0.39 is 0 Å². The Hall–Kier alpha value is -2.97. The molecule has 0 aliphatic rings. The van der Waals surface area contributed by atoms with Gasteiger partial charge in [0.2, 0.25) is 5.28 Å². The average molecular weight is 341 g/mol. The van der Waals surface area contributed by atoms with Crippen molar-refractivity contribution in [2.24, 2.45) is 0 Å². The van der Waals surface area contributed by atoms with E-state index in [-0.39, 0.29) is 5.28 Å². The first kappa shape index (κ1) is 14.4. The van der Waals surface area contributed by atoms with Crippen LogP contribution < -0.4 is 0 Å². The summed E-state index contributed by atoms with van der Waals surface area (Å²) in [5.41, 5.74) is 2.77. The SMILES string of the molecule is Clc1nc(-c2ccc3c(ccc4ccccc43)c2)c2ccccc2n1. The van der Waals surface area contributed by atoms with Gasteiger partial charge in [0.05, 0.1) is 11.2 Å². The zero-order valence-corrected chi connectivity index (χ0v) is 14.0. The Morgan fingerprint density at radius 2 is 1.32 bits per heavy atom. The van der Waals surface area contributed by atoms with Crippen LogP contribution in [0.5, 0.6) is 0 Å². The van der Waals surface area contributed by atoms with Gasteiger partial charge in [-0.1, -0.05) is 66.7 Å². The molecule has 4 aromatic carbocycles. The Kier molecular flexibility index (Phi) is 3.19. The maximum Gasteiger partial charge on any atom is 0.223 e. The van der Waals surface area contributed by atoms with E-state index in [1.54, 1.807) is 0 Å². The normalized spacial score (nSPS) is 11.4. The van der Waals surface area contributed by atoms with E-state index >= 15 is 0 Å². The highest BCUT2D eigenvalue weighted by molar-refractivity contribution is 6.29. The molecule has 1 heterocycles. The highest BCUT2D eigenvalue weighted by Crippen LogP contribution is 2.32. The molecule has 1 aromatic heterocycles. The Labute approximate surface area is 149 Å². The standard InChI is InChI=1S/C22H13ClN2/c23-22-24-20-8-4-3-7-19(20)21(25-22)16-11-12-18-15(13-16)10-9-14-5-1-2-6-17(14)18/h1-13H. The molecule has 0 unspecified atom stereocenters. The summed E-state index contributed by atoms with van der Waals surface area (Å²) in [6, 6.07) is 27.2. The van der Waals surface area contributed by atoms with E-state index in [4.69, 9.17) is 11.6 Å². The maximum atomic E-state index is 6.15. The second-order valence-corrected chi connectivity index (χ2v) is 6.42. The van der Waals surface area contributed by atoms with Crippen LogP contribution in [0, 0.1) is 0 Å². The van der Waals surface area contributed by atoms with Gasteiger partial charge in [-0.15, -0.1) is 0 Å². The first-order valence-corrected chi connectivity index (χ1v) is 8.51. The van der Waals surface area contributed by atoms with Gasteiger partial charge >= 0.3 is 0 Å². The zero-order chi connectivity index (χ0) is 16.8. The molecule has 0 fully saturated rings. The minimum atomic E-state index is 0.271. The van der Waals surface area contributed by atoms with Crippen LogP contribution in [0.1, 0.15) is 0 Å². The van der Waals surface area contributed by atoms with Gasteiger partial charge < -0.3 is 0 Å². The summed E-state index contributed by atoms with van der Waals surface area (Å²) >= 11 is 6.15. The molecule has 0 spiro atoms. The van der Waals surface area contributed by atoms with Crippen molar-refractivity contribution in [3.05, 3.63) is 84.1 Å². The number of nitrogens with zero attached hydrogens (tertiary/aromatic N) is 2. The summed E-state index contributed by atoms with van der Waals surface area (Å²) < 4.78 is 0. The summed E-state index contributed by atoms with van der Waals surface area (Å²) in [4.78, 5) is 8.81. The molecule has 118 valence electrons. The van der Waals surface area contributed by atoms with Gasteiger partial charge in [-0.25, -0.2) is 9.97 Å². The molecule has 0 N–H and O–H groups in total. The number of hydrogen-bond donors (Lipinski definition) is 0. The minimum Gasteiger partial charge on any atom is -0.218 e. The quantitative estimate of drug-likeness (QED) is 0.266. The maximum absolute atomic E-state index is 6.15. The van der Waals surface area contributed by atoms with Crippen molar-refractivity contribution in [1.82, 2.24) is 9.97 Å². The average Bonchev–Trinajstić information content (AvgIpc) is 2.66. The summed E-state index contributed by atoms with van der Waals surface area (Å²) in [6.45, 7) is 0. The molecule has 0 aliphatic heterocycles. The van der Waals surface area contributed by atoms with E-state index in [1.165, 1.54) is 21.5 Å². The van der Waals surface area contributed by atoms with E-state index in [2.05, 4.69) is 64.6 Å². The van der Waals surface area contributed by atoms with E-state index in [9.17, 15) is 0 Å². The van der Waals surface area contributed by atoms with Crippen LogP contribution in [0.3, 0.4) is 0 Å². The Morgan fingerprint density at radius 3 is 2.24 bits per heavy atom. The molecule has 5 rings (SSSR count). The molecule has 0 bridgehead atoms. The van der Waals surface area contributed by atoms with Crippen LogP contribution in [0.2, 0.25) is 5.28 Å². The Balaban J connectivity index is 1.81. The molecule has 0 amide bonds. The predicted molar refractivity (Wildman–Crippen MR) is 105 cm³/mol. The minimum absolute atomic E-state index is 0.271. The fraction of sp³-hybridized carbons (Fsp3) is 0. The van der Waals surface area contributed by atoms with Crippen molar-refractivity contribution < 1.29 is 0 Å². The lowest BCUT2D eigenvalue weighted by Gasteiger charge is -2.09. The molecule has 0 saturated carbocycles. The fourth-order valence-electron chi connectivity index (χ4n) is 3.43. The molecule has 0 radical (unpaired) electrons. The number of hydrogen-bond acceptors (Lipinski definition) is 2. The number of para-hydroxylation sites is 1. The van der Waals surface area contributed by atoms with Gasteiger partial charge in [-0.3, -0.25) is 0 Å². The summed E-state index contributed by atoms with van der Waals surface area (Å²) in [5.74, 6) is 0. The number of aromatic nitrogens is 2. The van der Waals surface area contributed by atoms with Gasteiger partial charge in [-0.05, 0) is 45.3 Å². The monoisotopic (exact) mass is 340 g/mol. The summed E-state index contributed by atoms with van der Waals surface area (Å²) in [6.07, 6.45) is 0. The van der Waals surface area contributed by atoms with Gasteiger partial charge in [0.25, 0.3) is 0 Å². The number of benzene rings is 4. The molecule has 0 aliphatic carbocycles. The fourth-order valence-corrected chi connectivity index (χ4v) is 3.60. The summed E-state index contributed by atoms with van der Waals surface area (Å²) in [5, 5.41) is 6.22. The van der Waals surface area contributed by atoms with Crippen LogP contribution in [-0.4, -0.2) is 9.97 Å². The van der Waals surface area contributed by atoms with Gasteiger partial charge in [0.1, 0.15) is 0 Å². The van der Waals surface area contributed by atoms with Crippen molar-refractivity contribution in [2.45, 2.75) is 0 Å². The molecule has 0 atom stereocenters. The Bertz CT molecular complexity index is 1260. The lowest BCUT2D eigenvalue weighted by Crippen LogP contribution is -1.91. The first-order chi connectivity index (χ1) is 12.3. The van der Waals surface area contributed by atoms with Crippen LogP contribution in [0.4, 0.5) is 0 Å². The van der Waals surface area contributed by atoms with Gasteiger partial charge in [-0.2, -0.15) is 0 Å². The lowest BCUT2D eigenvalue weighted by atomic mass is 9.98. The van der Waals surface area contributed by atoms with E-state index in [0.717, 1.165) is 22.2 Å². The molecular weight excluding hydrogens is 328 g/mol. The lowest BCUT2D eigenvalue weighted by molar-refractivity contribution is 1.22. The highest BCUT2D eigenvalue weighted by atomic mass is 35.5. The third-order valence-electron chi connectivity index (χ3n) is 4.59. The molecular formula is C22H13ClN2. The van der Waals surface area contributed by atoms with Crippen molar-refractivity contribution in [1.29, 1.82) is 0 Å². The number of rotatable bonds is 1. The third-order valence-corrected chi connectivity index (χ3v) is 4.76. The van der Waals surface area contributed by atoms with Crippen LogP contribution in [0.15, 0.2) is 78.9 Å². The van der Waals surface area contributed by atoms with E-state index in [1.807, 2.05) is 24.3 Å². The van der Waals surface area contributed by atoms with Crippen LogP contribution in [-0.2, 0) is 0 Å². The third kappa shape index (κ3) is 2.34. The zero-order valence-electron chi connectivity index (χ0n) is 13.3. The topological polar surface area (TPSA) is 25.8 Å².